The minimum absolute atomic E-state index is 0.103. The SMILES string of the molecule is CC1CCN(C2CCOC3(CCOCC3)C2)C1CN. The summed E-state index contributed by atoms with van der Waals surface area (Å²) >= 11 is 0. The van der Waals surface area contributed by atoms with Crippen molar-refractivity contribution in [3.63, 3.8) is 0 Å². The van der Waals surface area contributed by atoms with Crippen LogP contribution in [0.5, 0.6) is 0 Å². The zero-order valence-corrected chi connectivity index (χ0v) is 12.1. The van der Waals surface area contributed by atoms with Gasteiger partial charge in [-0.1, -0.05) is 6.92 Å². The highest BCUT2D eigenvalue weighted by atomic mass is 16.5. The van der Waals surface area contributed by atoms with Gasteiger partial charge in [-0.15, -0.1) is 0 Å². The molecular weight excluding hydrogens is 240 g/mol. The molecule has 3 aliphatic rings. The minimum Gasteiger partial charge on any atom is -0.381 e. The molecule has 0 aromatic rings. The summed E-state index contributed by atoms with van der Waals surface area (Å²) in [6.07, 6.45) is 5.79. The standard InChI is InChI=1S/C15H28N2O2/c1-12-2-6-17(14(12)11-16)13-3-7-19-15(10-13)4-8-18-9-5-15/h12-14H,2-11,16H2,1H3. The number of likely N-dealkylation sites (tertiary alicyclic amines) is 1. The van der Waals surface area contributed by atoms with Gasteiger partial charge in [0.15, 0.2) is 0 Å². The first-order valence-corrected chi connectivity index (χ1v) is 7.92. The van der Waals surface area contributed by atoms with Crippen molar-refractivity contribution in [1.82, 2.24) is 4.90 Å². The van der Waals surface area contributed by atoms with Crippen LogP contribution < -0.4 is 5.73 Å². The lowest BCUT2D eigenvalue weighted by Crippen LogP contribution is -2.53. The molecule has 0 bridgehead atoms. The molecule has 110 valence electrons. The first-order chi connectivity index (χ1) is 9.24. The minimum atomic E-state index is 0.103. The second-order valence-electron chi connectivity index (χ2n) is 6.60. The van der Waals surface area contributed by atoms with Gasteiger partial charge in [-0.05, 0) is 44.6 Å². The van der Waals surface area contributed by atoms with E-state index in [0.29, 0.717) is 12.1 Å². The third-order valence-electron chi connectivity index (χ3n) is 5.51. The van der Waals surface area contributed by atoms with Crippen LogP contribution in [0.4, 0.5) is 0 Å². The van der Waals surface area contributed by atoms with Crippen LogP contribution in [-0.2, 0) is 9.47 Å². The highest BCUT2D eigenvalue weighted by molar-refractivity contribution is 4.97. The molecule has 0 radical (unpaired) electrons. The number of ether oxygens (including phenoxy) is 2. The topological polar surface area (TPSA) is 47.7 Å². The highest BCUT2D eigenvalue weighted by Crippen LogP contribution is 2.38. The lowest BCUT2D eigenvalue weighted by atomic mass is 9.83. The van der Waals surface area contributed by atoms with E-state index in [2.05, 4.69) is 11.8 Å². The molecule has 2 N–H and O–H groups in total. The van der Waals surface area contributed by atoms with Gasteiger partial charge in [-0.25, -0.2) is 0 Å². The molecule has 0 aromatic carbocycles. The Balaban J connectivity index is 1.67. The maximum absolute atomic E-state index is 6.15. The fourth-order valence-electron chi connectivity index (χ4n) is 4.24. The number of nitrogens with two attached hydrogens (primary N) is 1. The molecule has 3 fully saturated rings. The molecule has 3 unspecified atom stereocenters. The molecule has 0 aliphatic carbocycles. The molecule has 1 spiro atoms. The lowest BCUT2D eigenvalue weighted by molar-refractivity contribution is -0.152. The van der Waals surface area contributed by atoms with Gasteiger partial charge in [-0.2, -0.15) is 0 Å². The first-order valence-electron chi connectivity index (χ1n) is 7.92. The van der Waals surface area contributed by atoms with Crippen molar-refractivity contribution in [1.29, 1.82) is 0 Å². The zero-order valence-electron chi connectivity index (χ0n) is 12.1. The van der Waals surface area contributed by atoms with E-state index in [-0.39, 0.29) is 5.60 Å². The average molecular weight is 268 g/mol. The number of nitrogens with zero attached hydrogens (tertiary/aromatic N) is 1. The Morgan fingerprint density at radius 1 is 1.21 bits per heavy atom. The summed E-state index contributed by atoms with van der Waals surface area (Å²) in [6, 6.07) is 1.25. The monoisotopic (exact) mass is 268 g/mol. The van der Waals surface area contributed by atoms with Crippen molar-refractivity contribution in [2.75, 3.05) is 32.9 Å². The van der Waals surface area contributed by atoms with E-state index in [4.69, 9.17) is 15.2 Å². The fourth-order valence-corrected chi connectivity index (χ4v) is 4.24. The van der Waals surface area contributed by atoms with E-state index in [1.54, 1.807) is 0 Å². The van der Waals surface area contributed by atoms with E-state index < -0.39 is 0 Å². The molecule has 3 heterocycles. The highest BCUT2D eigenvalue weighted by Gasteiger charge is 2.43. The van der Waals surface area contributed by atoms with Crippen LogP contribution in [0.2, 0.25) is 0 Å². The largest absolute Gasteiger partial charge is 0.381 e. The van der Waals surface area contributed by atoms with Crippen molar-refractivity contribution in [2.24, 2.45) is 11.7 Å². The summed E-state index contributed by atoms with van der Waals surface area (Å²) in [6.45, 7) is 7.01. The smallest absolute Gasteiger partial charge is 0.0741 e. The van der Waals surface area contributed by atoms with Crippen molar-refractivity contribution in [3.8, 4) is 0 Å². The van der Waals surface area contributed by atoms with E-state index in [9.17, 15) is 0 Å². The molecule has 3 rings (SSSR count). The number of hydrogen-bond acceptors (Lipinski definition) is 4. The Kier molecular flexibility index (Phi) is 4.13. The Morgan fingerprint density at radius 2 is 2.00 bits per heavy atom. The molecule has 4 heteroatoms. The molecule has 19 heavy (non-hydrogen) atoms. The molecule has 3 atom stereocenters. The Morgan fingerprint density at radius 3 is 2.74 bits per heavy atom. The van der Waals surface area contributed by atoms with Crippen LogP contribution in [0.15, 0.2) is 0 Å². The van der Waals surface area contributed by atoms with Crippen molar-refractivity contribution < 1.29 is 9.47 Å². The zero-order chi connectivity index (χ0) is 13.3. The first kappa shape index (κ1) is 13.8. The third kappa shape index (κ3) is 2.68. The van der Waals surface area contributed by atoms with Gasteiger partial charge in [-0.3, -0.25) is 4.90 Å². The van der Waals surface area contributed by atoms with Crippen LogP contribution in [-0.4, -0.2) is 55.5 Å². The van der Waals surface area contributed by atoms with Gasteiger partial charge in [0.05, 0.1) is 5.60 Å². The van der Waals surface area contributed by atoms with Gasteiger partial charge in [0, 0.05) is 38.4 Å². The maximum Gasteiger partial charge on any atom is 0.0741 e. The summed E-state index contributed by atoms with van der Waals surface area (Å²) in [7, 11) is 0. The summed E-state index contributed by atoms with van der Waals surface area (Å²) < 4.78 is 11.7. The summed E-state index contributed by atoms with van der Waals surface area (Å²) in [5.74, 6) is 0.749. The normalized spacial score (nSPS) is 39.8. The van der Waals surface area contributed by atoms with Crippen molar-refractivity contribution in [3.05, 3.63) is 0 Å². The fraction of sp³-hybridized carbons (Fsp3) is 1.00. The summed E-state index contributed by atoms with van der Waals surface area (Å²) in [5.41, 5.74) is 6.10. The van der Waals surface area contributed by atoms with Gasteiger partial charge < -0.3 is 15.2 Å². The molecule has 0 amide bonds. The van der Waals surface area contributed by atoms with Gasteiger partial charge in [0.25, 0.3) is 0 Å². The maximum atomic E-state index is 6.15. The molecule has 4 nitrogen and oxygen atoms in total. The van der Waals surface area contributed by atoms with E-state index in [0.717, 1.165) is 45.1 Å². The van der Waals surface area contributed by atoms with Crippen LogP contribution >= 0.6 is 0 Å². The number of hydrogen-bond donors (Lipinski definition) is 1. The van der Waals surface area contributed by atoms with Crippen LogP contribution in [0.1, 0.15) is 39.0 Å². The molecule has 3 aliphatic heterocycles. The van der Waals surface area contributed by atoms with Crippen LogP contribution in [0.25, 0.3) is 0 Å². The van der Waals surface area contributed by atoms with Gasteiger partial charge in [0.1, 0.15) is 0 Å². The molecule has 3 saturated heterocycles. The van der Waals surface area contributed by atoms with Gasteiger partial charge >= 0.3 is 0 Å². The summed E-state index contributed by atoms with van der Waals surface area (Å²) in [4.78, 5) is 2.68. The molecule has 0 saturated carbocycles. The second kappa shape index (κ2) is 5.68. The predicted molar refractivity (Wildman–Crippen MR) is 75.1 cm³/mol. The Hall–Kier alpha value is -0.160. The predicted octanol–water partition coefficient (Wildman–Crippen LogP) is 1.38. The molecular formula is C15H28N2O2. The lowest BCUT2D eigenvalue weighted by Gasteiger charge is -2.47. The Bertz CT molecular complexity index is 299. The third-order valence-corrected chi connectivity index (χ3v) is 5.51. The van der Waals surface area contributed by atoms with Crippen molar-refractivity contribution >= 4 is 0 Å². The summed E-state index contributed by atoms with van der Waals surface area (Å²) in [5, 5.41) is 0. The van der Waals surface area contributed by atoms with E-state index >= 15 is 0 Å². The Labute approximate surface area is 116 Å². The van der Waals surface area contributed by atoms with E-state index in [1.165, 1.54) is 25.8 Å². The van der Waals surface area contributed by atoms with Crippen LogP contribution in [0, 0.1) is 5.92 Å². The second-order valence-corrected chi connectivity index (χ2v) is 6.60. The quantitative estimate of drug-likeness (QED) is 0.822. The van der Waals surface area contributed by atoms with Gasteiger partial charge in [0.2, 0.25) is 0 Å². The molecule has 0 aromatic heterocycles. The number of rotatable bonds is 2. The average Bonchev–Trinajstić information content (AvgIpc) is 2.81. The van der Waals surface area contributed by atoms with Crippen molar-refractivity contribution in [2.45, 2.75) is 56.7 Å². The van der Waals surface area contributed by atoms with Crippen LogP contribution in [0.3, 0.4) is 0 Å². The van der Waals surface area contributed by atoms with E-state index in [1.807, 2.05) is 0 Å².